The molecule has 1 fully saturated rings. The number of hydrogen-bond acceptors (Lipinski definition) is 5. The highest BCUT2D eigenvalue weighted by molar-refractivity contribution is 7.99. The van der Waals surface area contributed by atoms with Crippen molar-refractivity contribution in [1.29, 1.82) is 0 Å². The van der Waals surface area contributed by atoms with Crippen LogP contribution in [0.3, 0.4) is 0 Å². The van der Waals surface area contributed by atoms with E-state index in [4.69, 9.17) is 16.3 Å². The maximum Gasteiger partial charge on any atom is 0.275 e. The summed E-state index contributed by atoms with van der Waals surface area (Å²) in [5.41, 5.74) is 2.91. The van der Waals surface area contributed by atoms with Gasteiger partial charge in [-0.1, -0.05) is 23.7 Å². The lowest BCUT2D eigenvalue weighted by molar-refractivity contribution is -0.122. The maximum absolute atomic E-state index is 13.8. The quantitative estimate of drug-likeness (QED) is 0.537. The van der Waals surface area contributed by atoms with Crippen molar-refractivity contribution in [2.24, 2.45) is 7.05 Å². The van der Waals surface area contributed by atoms with Crippen LogP contribution < -0.4 is 10.1 Å². The van der Waals surface area contributed by atoms with Crippen LogP contribution >= 0.6 is 23.4 Å². The summed E-state index contributed by atoms with van der Waals surface area (Å²) in [4.78, 5) is 28.0. The summed E-state index contributed by atoms with van der Waals surface area (Å²) in [5, 5.41) is 8.06. The summed E-state index contributed by atoms with van der Waals surface area (Å²) in [7, 11) is 1.76. The number of aryl methyl sites for hydroxylation is 1. The van der Waals surface area contributed by atoms with Gasteiger partial charge in [0.05, 0.1) is 5.69 Å². The molecule has 1 unspecified atom stereocenters. The molecule has 1 atom stereocenters. The van der Waals surface area contributed by atoms with Gasteiger partial charge < -0.3 is 15.0 Å². The molecule has 182 valence electrons. The van der Waals surface area contributed by atoms with Crippen molar-refractivity contribution in [2.75, 3.05) is 18.1 Å². The molecule has 5 rings (SSSR count). The minimum Gasteiger partial charge on any atom is -0.488 e. The first-order valence-electron chi connectivity index (χ1n) is 11.3. The van der Waals surface area contributed by atoms with Gasteiger partial charge in [0.15, 0.2) is 5.69 Å². The van der Waals surface area contributed by atoms with Crippen molar-refractivity contribution >= 4 is 35.2 Å². The molecule has 1 saturated heterocycles. The van der Waals surface area contributed by atoms with E-state index in [0.717, 1.165) is 29.2 Å². The lowest BCUT2D eigenvalue weighted by Crippen LogP contribution is -2.44. The van der Waals surface area contributed by atoms with Crippen LogP contribution in [0.5, 0.6) is 5.75 Å². The second-order valence-corrected chi connectivity index (χ2v) is 10.2. The third-order valence-electron chi connectivity index (χ3n) is 6.10. The number of thioether (sulfide) groups is 1. The van der Waals surface area contributed by atoms with Gasteiger partial charge in [-0.25, -0.2) is 4.39 Å². The number of amides is 2. The Morgan fingerprint density at radius 3 is 2.94 bits per heavy atom. The van der Waals surface area contributed by atoms with E-state index in [9.17, 15) is 14.0 Å². The number of carbonyl (C=O) groups is 2. The lowest BCUT2D eigenvalue weighted by atomic mass is 10.0. The van der Waals surface area contributed by atoms with E-state index < -0.39 is 11.7 Å². The van der Waals surface area contributed by atoms with Crippen molar-refractivity contribution in [2.45, 2.75) is 25.6 Å². The molecule has 2 aliphatic heterocycles. The predicted octanol–water partition coefficient (Wildman–Crippen LogP) is 4.04. The number of ether oxygens (including phenoxy) is 1. The number of aromatic nitrogens is 2. The van der Waals surface area contributed by atoms with Gasteiger partial charge in [0.2, 0.25) is 5.91 Å². The Morgan fingerprint density at radius 2 is 2.17 bits per heavy atom. The molecule has 0 aliphatic carbocycles. The largest absolute Gasteiger partial charge is 0.488 e. The number of carbonyl (C=O) groups excluding carboxylic acids is 2. The van der Waals surface area contributed by atoms with E-state index in [1.54, 1.807) is 53.8 Å². The van der Waals surface area contributed by atoms with Crippen LogP contribution in [0.15, 0.2) is 42.5 Å². The zero-order valence-corrected chi connectivity index (χ0v) is 20.7. The first-order chi connectivity index (χ1) is 16.9. The topological polar surface area (TPSA) is 76.5 Å². The van der Waals surface area contributed by atoms with E-state index in [2.05, 4.69) is 10.4 Å². The van der Waals surface area contributed by atoms with Crippen LogP contribution in [0.1, 0.15) is 28.0 Å². The third-order valence-corrected chi connectivity index (χ3v) is 7.49. The number of rotatable bonds is 6. The summed E-state index contributed by atoms with van der Waals surface area (Å²) >= 11 is 8.00. The fraction of sp³-hybridized carbons (Fsp3) is 0.320. The molecule has 0 saturated carbocycles. The Morgan fingerprint density at radius 1 is 1.31 bits per heavy atom. The minimum atomic E-state index is -0.420. The normalized spacial score (nSPS) is 16.3. The fourth-order valence-electron chi connectivity index (χ4n) is 4.48. The second kappa shape index (κ2) is 9.91. The van der Waals surface area contributed by atoms with Gasteiger partial charge in [0, 0.05) is 41.5 Å². The van der Waals surface area contributed by atoms with Gasteiger partial charge in [-0.2, -0.15) is 16.9 Å². The number of hydrogen-bond donors (Lipinski definition) is 1. The monoisotopic (exact) mass is 514 g/mol. The summed E-state index contributed by atoms with van der Waals surface area (Å²) in [6.07, 6.45) is 0.904. The molecule has 10 heteroatoms. The van der Waals surface area contributed by atoms with Crippen molar-refractivity contribution < 1.29 is 18.7 Å². The molecule has 2 aromatic carbocycles. The van der Waals surface area contributed by atoms with E-state index in [0.29, 0.717) is 21.9 Å². The summed E-state index contributed by atoms with van der Waals surface area (Å²) < 4.78 is 21.4. The van der Waals surface area contributed by atoms with Crippen molar-refractivity contribution in [1.82, 2.24) is 20.0 Å². The molecule has 7 nitrogen and oxygen atoms in total. The molecule has 3 heterocycles. The smallest absolute Gasteiger partial charge is 0.275 e. The second-order valence-electron chi connectivity index (χ2n) is 8.65. The highest BCUT2D eigenvalue weighted by Crippen LogP contribution is 2.40. The number of nitrogens with one attached hydrogen (secondary N) is 1. The lowest BCUT2D eigenvalue weighted by Gasteiger charge is -2.24. The Bertz CT molecular complexity index is 1290. The van der Waals surface area contributed by atoms with Crippen LogP contribution in [0, 0.1) is 5.82 Å². The molecule has 35 heavy (non-hydrogen) atoms. The van der Waals surface area contributed by atoms with Crippen molar-refractivity contribution in [3.05, 3.63) is 70.1 Å². The van der Waals surface area contributed by atoms with Crippen LogP contribution in [0.2, 0.25) is 5.02 Å². The van der Waals surface area contributed by atoms with Gasteiger partial charge in [0.1, 0.15) is 24.7 Å². The van der Waals surface area contributed by atoms with E-state index >= 15 is 0 Å². The van der Waals surface area contributed by atoms with Crippen molar-refractivity contribution in [3.8, 4) is 17.0 Å². The molecule has 0 radical (unpaired) electrons. The van der Waals surface area contributed by atoms with Crippen LogP contribution in [0.4, 0.5) is 4.39 Å². The van der Waals surface area contributed by atoms with Gasteiger partial charge in [-0.05, 0) is 48.1 Å². The molecule has 0 spiro atoms. The summed E-state index contributed by atoms with van der Waals surface area (Å²) in [5.74, 6) is 1.45. The van der Waals surface area contributed by atoms with Crippen LogP contribution in [-0.4, -0.2) is 50.6 Å². The number of nitrogens with zero attached hydrogens (tertiary/aromatic N) is 3. The Labute approximate surface area is 211 Å². The molecule has 0 bridgehead atoms. The van der Waals surface area contributed by atoms with Gasteiger partial charge in [-0.15, -0.1) is 0 Å². The fourth-order valence-corrected chi connectivity index (χ4v) is 5.80. The van der Waals surface area contributed by atoms with Gasteiger partial charge in [0.25, 0.3) is 5.91 Å². The highest BCUT2D eigenvalue weighted by Gasteiger charge is 2.32. The molecule has 2 aliphatic rings. The molecule has 3 aromatic rings. The third kappa shape index (κ3) is 5.01. The van der Waals surface area contributed by atoms with Gasteiger partial charge >= 0.3 is 0 Å². The number of fused-ring (bicyclic) bond motifs is 3. The first-order valence-corrected chi connectivity index (χ1v) is 12.8. The van der Waals surface area contributed by atoms with Crippen molar-refractivity contribution in [3.63, 3.8) is 0 Å². The Balaban J connectivity index is 1.46. The minimum absolute atomic E-state index is 0.0675. The molecule has 1 N–H and O–H groups in total. The zero-order valence-electron chi connectivity index (χ0n) is 19.1. The Kier molecular flexibility index (Phi) is 6.71. The summed E-state index contributed by atoms with van der Waals surface area (Å²) in [6, 6.07) is 11.4. The zero-order chi connectivity index (χ0) is 24.5. The SMILES string of the molecule is Cn1nc(C(=O)N(CC(=O)NC2CCSC2)Cc2cccc(F)c2)c2c1-c1cc(Cl)ccc1OC2. The number of benzene rings is 2. The van der Waals surface area contributed by atoms with E-state index in [1.807, 2.05) is 0 Å². The standard InChI is InChI=1S/C25H24ClFN4O3S/c1-30-24-19-10-16(26)5-6-21(19)34-13-20(24)23(29-30)25(33)31(11-15-3-2-4-17(27)9-15)12-22(32)28-18-7-8-35-14-18/h2-6,9-10,18H,7-8,11-14H2,1H3,(H,28,32). The molecular formula is C25H24ClFN4O3S. The Hall–Kier alpha value is -3.04. The summed E-state index contributed by atoms with van der Waals surface area (Å²) in [6.45, 7) is 0.0708. The van der Waals surface area contributed by atoms with Gasteiger partial charge in [-0.3, -0.25) is 14.3 Å². The molecule has 2 amide bonds. The van der Waals surface area contributed by atoms with Crippen LogP contribution in [0.25, 0.3) is 11.3 Å². The highest BCUT2D eigenvalue weighted by atomic mass is 35.5. The molecule has 1 aromatic heterocycles. The first kappa shape index (κ1) is 23.7. The average Bonchev–Trinajstić information content (AvgIpc) is 3.45. The van der Waals surface area contributed by atoms with E-state index in [-0.39, 0.29) is 37.3 Å². The predicted molar refractivity (Wildman–Crippen MR) is 133 cm³/mol. The maximum atomic E-state index is 13.8. The van der Waals surface area contributed by atoms with E-state index in [1.165, 1.54) is 17.0 Å². The van der Waals surface area contributed by atoms with Crippen LogP contribution in [-0.2, 0) is 25.0 Å². The molecular weight excluding hydrogens is 491 g/mol. The number of halogens is 2. The average molecular weight is 515 g/mol.